The van der Waals surface area contributed by atoms with Gasteiger partial charge in [-0.2, -0.15) is 0 Å². The molecule has 1 rings (SSSR count). The summed E-state index contributed by atoms with van der Waals surface area (Å²) in [5.74, 6) is 1.58. The van der Waals surface area contributed by atoms with Gasteiger partial charge in [0.2, 0.25) is 0 Å². The van der Waals surface area contributed by atoms with Crippen LogP contribution in [0.5, 0.6) is 0 Å². The third kappa shape index (κ3) is 2.40. The lowest BCUT2D eigenvalue weighted by atomic mass is 9.66. The molecule has 1 atom stereocenters. The van der Waals surface area contributed by atoms with Crippen molar-refractivity contribution < 1.29 is 0 Å². The van der Waals surface area contributed by atoms with Gasteiger partial charge in [-0.05, 0) is 43.4 Å². The molecule has 0 bridgehead atoms. The molecule has 0 aromatic heterocycles. The van der Waals surface area contributed by atoms with Crippen LogP contribution in [0.2, 0.25) is 0 Å². The molecule has 1 unspecified atom stereocenters. The van der Waals surface area contributed by atoms with Crippen LogP contribution in [-0.2, 0) is 0 Å². The fraction of sp³-hybridized carbons (Fsp3) is 0.857. The minimum atomic E-state index is 0.518. The van der Waals surface area contributed by atoms with Crippen molar-refractivity contribution in [3.63, 3.8) is 0 Å². The molecular weight excluding hydrogens is 168 g/mol. The zero-order valence-corrected chi connectivity index (χ0v) is 10.8. The summed E-state index contributed by atoms with van der Waals surface area (Å²) in [6, 6.07) is 0. The van der Waals surface area contributed by atoms with E-state index in [-0.39, 0.29) is 0 Å². The maximum Gasteiger partial charge on any atom is -0.0180 e. The van der Waals surface area contributed by atoms with E-state index in [0.29, 0.717) is 5.41 Å². The SMILES string of the molecule is CC1=C(CC(C)C)CCC(C)(C)C1C. The van der Waals surface area contributed by atoms with Gasteiger partial charge in [-0.1, -0.05) is 45.8 Å². The normalized spacial score (nSPS) is 27.2. The van der Waals surface area contributed by atoms with Crippen molar-refractivity contribution in [1.82, 2.24) is 0 Å². The second kappa shape index (κ2) is 4.08. The first kappa shape index (κ1) is 11.8. The molecule has 0 spiro atoms. The van der Waals surface area contributed by atoms with Crippen molar-refractivity contribution in [3.05, 3.63) is 11.1 Å². The van der Waals surface area contributed by atoms with Gasteiger partial charge >= 0.3 is 0 Å². The van der Waals surface area contributed by atoms with Crippen LogP contribution in [0.15, 0.2) is 11.1 Å². The summed E-state index contributed by atoms with van der Waals surface area (Å²) in [5, 5.41) is 0. The Kier molecular flexibility index (Phi) is 3.44. The van der Waals surface area contributed by atoms with Crippen LogP contribution in [0.25, 0.3) is 0 Å². The van der Waals surface area contributed by atoms with Crippen molar-refractivity contribution in [2.45, 2.75) is 60.8 Å². The summed E-state index contributed by atoms with van der Waals surface area (Å²) in [5.41, 5.74) is 3.94. The van der Waals surface area contributed by atoms with Crippen molar-refractivity contribution in [2.75, 3.05) is 0 Å². The molecule has 0 N–H and O–H groups in total. The molecule has 1 aliphatic rings. The van der Waals surface area contributed by atoms with Gasteiger partial charge in [0.1, 0.15) is 0 Å². The summed E-state index contributed by atoms with van der Waals surface area (Å²) in [6.45, 7) is 14.2. The van der Waals surface area contributed by atoms with Gasteiger partial charge < -0.3 is 0 Å². The number of rotatable bonds is 2. The highest BCUT2D eigenvalue weighted by molar-refractivity contribution is 5.20. The Morgan fingerprint density at radius 2 is 1.93 bits per heavy atom. The Balaban J connectivity index is 2.82. The van der Waals surface area contributed by atoms with E-state index in [1.54, 1.807) is 11.1 Å². The Hall–Kier alpha value is -0.260. The Labute approximate surface area is 89.8 Å². The van der Waals surface area contributed by atoms with Crippen molar-refractivity contribution >= 4 is 0 Å². The first-order valence-corrected chi connectivity index (χ1v) is 6.03. The third-order valence-electron chi connectivity index (χ3n) is 4.11. The summed E-state index contributed by atoms with van der Waals surface area (Å²) >= 11 is 0. The van der Waals surface area contributed by atoms with E-state index in [1.165, 1.54) is 19.3 Å². The minimum Gasteiger partial charge on any atom is -0.0707 e. The Morgan fingerprint density at radius 1 is 1.36 bits per heavy atom. The first-order valence-electron chi connectivity index (χ1n) is 6.03. The summed E-state index contributed by atoms with van der Waals surface area (Å²) < 4.78 is 0. The highest BCUT2D eigenvalue weighted by Crippen LogP contribution is 2.44. The van der Waals surface area contributed by atoms with Crippen molar-refractivity contribution in [2.24, 2.45) is 17.3 Å². The van der Waals surface area contributed by atoms with E-state index in [0.717, 1.165) is 11.8 Å². The molecule has 0 aliphatic heterocycles. The van der Waals surface area contributed by atoms with Crippen LogP contribution in [0, 0.1) is 17.3 Å². The molecule has 0 amide bonds. The van der Waals surface area contributed by atoms with E-state index >= 15 is 0 Å². The maximum absolute atomic E-state index is 2.41. The second-order valence-corrected chi connectivity index (χ2v) is 6.09. The lowest BCUT2D eigenvalue weighted by Crippen LogP contribution is -2.27. The predicted octanol–water partition coefficient (Wildman–Crippen LogP) is 4.81. The van der Waals surface area contributed by atoms with Gasteiger partial charge in [0, 0.05) is 0 Å². The van der Waals surface area contributed by atoms with Crippen molar-refractivity contribution in [1.29, 1.82) is 0 Å². The quantitative estimate of drug-likeness (QED) is 0.554. The second-order valence-electron chi connectivity index (χ2n) is 6.09. The molecule has 1 aliphatic carbocycles. The summed E-state index contributed by atoms with van der Waals surface area (Å²) in [6.07, 6.45) is 4.02. The number of hydrogen-bond acceptors (Lipinski definition) is 0. The van der Waals surface area contributed by atoms with E-state index in [1.807, 2.05) is 0 Å². The van der Waals surface area contributed by atoms with E-state index < -0.39 is 0 Å². The predicted molar refractivity (Wildman–Crippen MR) is 64.3 cm³/mol. The molecule has 0 heteroatoms. The fourth-order valence-electron chi connectivity index (χ4n) is 2.53. The van der Waals surface area contributed by atoms with Gasteiger partial charge in [-0.15, -0.1) is 0 Å². The molecular formula is C14H26. The molecule has 0 radical (unpaired) electrons. The number of allylic oxidation sites excluding steroid dienone is 2. The van der Waals surface area contributed by atoms with Crippen LogP contribution in [0.3, 0.4) is 0 Å². The summed E-state index contributed by atoms with van der Waals surface area (Å²) in [4.78, 5) is 0. The third-order valence-corrected chi connectivity index (χ3v) is 4.11. The first-order chi connectivity index (χ1) is 6.34. The van der Waals surface area contributed by atoms with Crippen LogP contribution in [0.1, 0.15) is 60.8 Å². The molecule has 14 heavy (non-hydrogen) atoms. The summed E-state index contributed by atoms with van der Waals surface area (Å²) in [7, 11) is 0. The van der Waals surface area contributed by atoms with Crippen molar-refractivity contribution in [3.8, 4) is 0 Å². The lowest BCUT2D eigenvalue weighted by molar-refractivity contribution is 0.223. The highest BCUT2D eigenvalue weighted by atomic mass is 14.4. The molecule has 0 aromatic rings. The molecule has 0 saturated heterocycles. The highest BCUT2D eigenvalue weighted by Gasteiger charge is 2.32. The van der Waals surface area contributed by atoms with Crippen LogP contribution in [0.4, 0.5) is 0 Å². The van der Waals surface area contributed by atoms with Gasteiger partial charge in [0.25, 0.3) is 0 Å². The van der Waals surface area contributed by atoms with Crippen LogP contribution >= 0.6 is 0 Å². The smallest absolute Gasteiger partial charge is 0.0180 e. The average Bonchev–Trinajstić information content (AvgIpc) is 2.07. The maximum atomic E-state index is 2.41. The van der Waals surface area contributed by atoms with Gasteiger partial charge in [0.15, 0.2) is 0 Å². The monoisotopic (exact) mass is 194 g/mol. The molecule has 0 fully saturated rings. The Morgan fingerprint density at radius 3 is 2.43 bits per heavy atom. The molecule has 0 heterocycles. The van der Waals surface area contributed by atoms with E-state index in [2.05, 4.69) is 41.5 Å². The topological polar surface area (TPSA) is 0 Å². The largest absolute Gasteiger partial charge is 0.0707 e. The standard InChI is InChI=1S/C14H26/c1-10(2)9-13-7-8-14(5,6)12(4)11(13)3/h10,12H,7-9H2,1-6H3. The lowest BCUT2D eigenvalue weighted by Gasteiger charge is -2.39. The van der Waals surface area contributed by atoms with Crippen LogP contribution in [-0.4, -0.2) is 0 Å². The average molecular weight is 194 g/mol. The molecule has 0 aromatic carbocycles. The fourth-order valence-corrected chi connectivity index (χ4v) is 2.53. The molecule has 82 valence electrons. The van der Waals surface area contributed by atoms with E-state index in [9.17, 15) is 0 Å². The zero-order valence-electron chi connectivity index (χ0n) is 10.8. The van der Waals surface area contributed by atoms with Crippen LogP contribution < -0.4 is 0 Å². The molecule has 0 nitrogen and oxygen atoms in total. The minimum absolute atomic E-state index is 0.518. The molecule has 0 saturated carbocycles. The van der Waals surface area contributed by atoms with Gasteiger partial charge in [-0.3, -0.25) is 0 Å². The zero-order chi connectivity index (χ0) is 10.9. The Bertz CT molecular complexity index is 230. The van der Waals surface area contributed by atoms with Gasteiger partial charge in [-0.25, -0.2) is 0 Å². The van der Waals surface area contributed by atoms with Gasteiger partial charge in [0.05, 0.1) is 0 Å². The number of hydrogen-bond donors (Lipinski definition) is 0. The van der Waals surface area contributed by atoms with E-state index in [4.69, 9.17) is 0 Å².